The lowest BCUT2D eigenvalue weighted by Crippen LogP contribution is -2.41. The molecule has 1 atom stereocenters. The first-order valence-corrected chi connectivity index (χ1v) is 7.85. The van der Waals surface area contributed by atoms with Crippen LogP contribution < -0.4 is 5.32 Å². The number of hydrogen-bond acceptors (Lipinski definition) is 3. The monoisotopic (exact) mass is 298 g/mol. The number of nitrogens with one attached hydrogen (secondary N) is 1. The van der Waals surface area contributed by atoms with E-state index in [0.29, 0.717) is 6.42 Å². The number of aryl methyl sites for hydroxylation is 4. The number of carbonyl (C=O) groups is 1. The Morgan fingerprint density at radius 3 is 2.82 bits per heavy atom. The summed E-state index contributed by atoms with van der Waals surface area (Å²) in [6.45, 7) is 4.81. The van der Waals surface area contributed by atoms with Crippen LogP contribution in [-0.4, -0.2) is 26.7 Å². The third kappa shape index (κ3) is 3.35. The van der Waals surface area contributed by atoms with E-state index in [1.807, 2.05) is 6.92 Å². The Kier molecular flexibility index (Phi) is 4.22. The number of amides is 1. The van der Waals surface area contributed by atoms with Crippen LogP contribution in [-0.2, 0) is 24.2 Å². The minimum Gasteiger partial charge on any atom is -0.352 e. The topological polar surface area (TPSA) is 59.8 Å². The van der Waals surface area contributed by atoms with E-state index in [4.69, 9.17) is 0 Å². The molecule has 22 heavy (non-hydrogen) atoms. The molecular weight excluding hydrogens is 276 g/mol. The maximum absolute atomic E-state index is 12.1. The molecule has 1 aromatic heterocycles. The van der Waals surface area contributed by atoms with Gasteiger partial charge in [-0.3, -0.25) is 4.79 Å². The number of fused-ring (bicyclic) bond motifs is 1. The van der Waals surface area contributed by atoms with E-state index in [1.54, 1.807) is 0 Å². The van der Waals surface area contributed by atoms with Gasteiger partial charge in [-0.2, -0.15) is 0 Å². The molecular formula is C17H22N4O. The number of nitrogens with zero attached hydrogens (tertiary/aromatic N) is 3. The first kappa shape index (κ1) is 14.8. The summed E-state index contributed by atoms with van der Waals surface area (Å²) in [4.78, 5) is 12.1. The summed E-state index contributed by atoms with van der Waals surface area (Å²) in [7, 11) is 0. The summed E-state index contributed by atoms with van der Waals surface area (Å²) >= 11 is 0. The Labute approximate surface area is 130 Å². The van der Waals surface area contributed by atoms with Crippen LogP contribution in [0.4, 0.5) is 0 Å². The second-order valence-corrected chi connectivity index (χ2v) is 6.06. The van der Waals surface area contributed by atoms with Crippen LogP contribution in [0.5, 0.6) is 0 Å². The second kappa shape index (κ2) is 6.30. The average Bonchev–Trinajstić information content (AvgIpc) is 2.88. The van der Waals surface area contributed by atoms with E-state index in [-0.39, 0.29) is 11.9 Å². The highest BCUT2D eigenvalue weighted by Crippen LogP contribution is 2.15. The van der Waals surface area contributed by atoms with Gasteiger partial charge in [-0.25, -0.2) is 0 Å². The second-order valence-electron chi connectivity index (χ2n) is 6.06. The molecule has 5 nitrogen and oxygen atoms in total. The van der Waals surface area contributed by atoms with Crippen molar-refractivity contribution in [3.63, 3.8) is 0 Å². The Morgan fingerprint density at radius 1 is 1.27 bits per heavy atom. The molecule has 0 fully saturated rings. The molecule has 0 saturated carbocycles. The Hall–Kier alpha value is -2.17. The number of carbonyl (C=O) groups excluding carboxylic acids is 1. The van der Waals surface area contributed by atoms with Crippen LogP contribution >= 0.6 is 0 Å². The van der Waals surface area contributed by atoms with E-state index in [9.17, 15) is 4.79 Å². The van der Waals surface area contributed by atoms with Crippen molar-refractivity contribution in [2.75, 3.05) is 0 Å². The van der Waals surface area contributed by atoms with Crippen LogP contribution in [0.3, 0.4) is 0 Å². The van der Waals surface area contributed by atoms with Gasteiger partial charge in [-0.1, -0.05) is 29.8 Å². The minimum absolute atomic E-state index is 0.125. The molecule has 1 amide bonds. The van der Waals surface area contributed by atoms with Gasteiger partial charge in [0.05, 0.1) is 0 Å². The first-order chi connectivity index (χ1) is 10.6. The molecule has 0 aliphatic carbocycles. The first-order valence-electron chi connectivity index (χ1n) is 7.85. The van der Waals surface area contributed by atoms with Gasteiger partial charge in [-0.05, 0) is 32.3 Å². The lowest BCUT2D eigenvalue weighted by molar-refractivity contribution is -0.122. The summed E-state index contributed by atoms with van der Waals surface area (Å²) in [5.41, 5.74) is 2.46. The standard InChI is InChI=1S/C17H22N4O/c1-12-3-5-14(6-4-12)7-10-17(22)18-15-8-9-16-20-19-13(2)21(16)11-15/h3-6,15H,7-11H2,1-2H3,(H,18,22)/t15-/m1/s1. The molecule has 3 rings (SSSR count). The van der Waals surface area contributed by atoms with Gasteiger partial charge in [0.2, 0.25) is 5.91 Å². The summed E-state index contributed by atoms with van der Waals surface area (Å²) in [5.74, 6) is 2.08. The van der Waals surface area contributed by atoms with Crippen LogP contribution in [0, 0.1) is 13.8 Å². The zero-order valence-corrected chi connectivity index (χ0v) is 13.2. The van der Waals surface area contributed by atoms with Crippen molar-refractivity contribution in [3.05, 3.63) is 47.0 Å². The molecule has 2 heterocycles. The Balaban J connectivity index is 1.50. The van der Waals surface area contributed by atoms with Crippen molar-refractivity contribution in [1.82, 2.24) is 20.1 Å². The van der Waals surface area contributed by atoms with Gasteiger partial charge in [0.15, 0.2) is 0 Å². The molecule has 1 aliphatic heterocycles. The quantitative estimate of drug-likeness (QED) is 0.938. The van der Waals surface area contributed by atoms with Crippen molar-refractivity contribution in [2.24, 2.45) is 0 Å². The van der Waals surface area contributed by atoms with Crippen LogP contribution in [0.25, 0.3) is 0 Å². The molecule has 116 valence electrons. The maximum atomic E-state index is 12.1. The summed E-state index contributed by atoms with van der Waals surface area (Å²) < 4.78 is 2.11. The predicted molar refractivity (Wildman–Crippen MR) is 84.5 cm³/mol. The summed E-state index contributed by atoms with van der Waals surface area (Å²) in [5, 5.41) is 11.4. The van der Waals surface area contributed by atoms with Crippen LogP contribution in [0.2, 0.25) is 0 Å². The molecule has 2 aromatic rings. The highest BCUT2D eigenvalue weighted by atomic mass is 16.1. The van der Waals surface area contributed by atoms with Gasteiger partial charge < -0.3 is 9.88 Å². The van der Waals surface area contributed by atoms with Crippen molar-refractivity contribution in [2.45, 2.75) is 52.1 Å². The van der Waals surface area contributed by atoms with Crippen molar-refractivity contribution in [3.8, 4) is 0 Å². The van der Waals surface area contributed by atoms with E-state index >= 15 is 0 Å². The number of rotatable bonds is 4. The zero-order chi connectivity index (χ0) is 15.5. The van der Waals surface area contributed by atoms with Gasteiger partial charge in [0, 0.05) is 25.4 Å². The third-order valence-electron chi connectivity index (χ3n) is 4.26. The third-order valence-corrected chi connectivity index (χ3v) is 4.26. The average molecular weight is 298 g/mol. The molecule has 0 bridgehead atoms. The smallest absolute Gasteiger partial charge is 0.220 e. The fourth-order valence-corrected chi connectivity index (χ4v) is 2.89. The van der Waals surface area contributed by atoms with Crippen molar-refractivity contribution < 1.29 is 4.79 Å². The minimum atomic E-state index is 0.125. The van der Waals surface area contributed by atoms with Gasteiger partial charge in [0.25, 0.3) is 0 Å². The van der Waals surface area contributed by atoms with E-state index in [0.717, 1.165) is 37.5 Å². The van der Waals surface area contributed by atoms with Crippen LogP contribution in [0.1, 0.15) is 35.6 Å². The predicted octanol–water partition coefficient (Wildman–Crippen LogP) is 1.96. The molecule has 0 radical (unpaired) electrons. The fraction of sp³-hybridized carbons (Fsp3) is 0.471. The van der Waals surface area contributed by atoms with Crippen molar-refractivity contribution in [1.29, 1.82) is 0 Å². The number of aromatic nitrogens is 3. The molecule has 1 aromatic carbocycles. The normalized spacial score (nSPS) is 17.1. The zero-order valence-electron chi connectivity index (χ0n) is 13.2. The molecule has 0 saturated heterocycles. The van der Waals surface area contributed by atoms with Gasteiger partial charge >= 0.3 is 0 Å². The lowest BCUT2D eigenvalue weighted by Gasteiger charge is -2.24. The van der Waals surface area contributed by atoms with E-state index in [1.165, 1.54) is 11.1 Å². The number of hydrogen-bond donors (Lipinski definition) is 1. The van der Waals surface area contributed by atoms with Gasteiger partial charge in [-0.15, -0.1) is 10.2 Å². The van der Waals surface area contributed by atoms with Crippen molar-refractivity contribution >= 4 is 5.91 Å². The van der Waals surface area contributed by atoms with Crippen LogP contribution in [0.15, 0.2) is 24.3 Å². The number of benzene rings is 1. The molecule has 1 N–H and O–H groups in total. The lowest BCUT2D eigenvalue weighted by atomic mass is 10.1. The highest BCUT2D eigenvalue weighted by Gasteiger charge is 2.22. The largest absolute Gasteiger partial charge is 0.352 e. The highest BCUT2D eigenvalue weighted by molar-refractivity contribution is 5.76. The molecule has 0 unspecified atom stereocenters. The van der Waals surface area contributed by atoms with Gasteiger partial charge in [0.1, 0.15) is 11.6 Å². The molecule has 0 spiro atoms. The molecule has 1 aliphatic rings. The van der Waals surface area contributed by atoms with E-state index < -0.39 is 0 Å². The summed E-state index contributed by atoms with van der Waals surface area (Å²) in [6, 6.07) is 8.55. The molecule has 5 heteroatoms. The maximum Gasteiger partial charge on any atom is 0.220 e. The SMILES string of the molecule is Cc1ccc(CCC(=O)N[C@@H]2CCc3nnc(C)n3C2)cc1. The Bertz CT molecular complexity index is 660. The fourth-order valence-electron chi connectivity index (χ4n) is 2.89. The van der Waals surface area contributed by atoms with E-state index in [2.05, 4.69) is 51.3 Å². The summed E-state index contributed by atoms with van der Waals surface area (Å²) in [6.07, 6.45) is 3.14. The Morgan fingerprint density at radius 2 is 2.05 bits per heavy atom.